The molecule has 17 heavy (non-hydrogen) atoms. The third-order valence-electron chi connectivity index (χ3n) is 4.27. The molecule has 1 aliphatic carbocycles. The highest BCUT2D eigenvalue weighted by atomic mass is 14.9. The molecule has 2 atom stereocenters. The monoisotopic (exact) mass is 231 g/mol. The van der Waals surface area contributed by atoms with Gasteiger partial charge in [0.15, 0.2) is 0 Å². The van der Waals surface area contributed by atoms with E-state index < -0.39 is 0 Å². The van der Waals surface area contributed by atoms with Gasteiger partial charge in [0.05, 0.1) is 0 Å². The van der Waals surface area contributed by atoms with Crippen LogP contribution in [0.2, 0.25) is 0 Å². The minimum Gasteiger partial charge on any atom is -0.314 e. The predicted octanol–water partition coefficient (Wildman–Crippen LogP) is 3.96. The van der Waals surface area contributed by atoms with E-state index in [4.69, 9.17) is 0 Å². The second kappa shape index (κ2) is 6.20. The Bertz CT molecular complexity index is 316. The van der Waals surface area contributed by atoms with Crippen LogP contribution >= 0.6 is 0 Å². The maximum atomic E-state index is 3.69. The molecule has 0 spiro atoms. The average molecular weight is 231 g/mol. The lowest BCUT2D eigenvalue weighted by molar-refractivity contribution is 0.240. The summed E-state index contributed by atoms with van der Waals surface area (Å²) in [6.07, 6.45) is 5.54. The summed E-state index contributed by atoms with van der Waals surface area (Å²) in [5.41, 5.74) is 1.46. The standard InChI is InChI=1S/C16H25N/c1-13(15-7-4-3-5-8-15)11-12-17-14(2)16-9-6-10-16/h3-5,7-8,13-14,16-17H,6,9-12H2,1-2H3. The van der Waals surface area contributed by atoms with E-state index in [2.05, 4.69) is 49.5 Å². The van der Waals surface area contributed by atoms with E-state index in [1.165, 1.54) is 31.2 Å². The van der Waals surface area contributed by atoms with Crippen molar-refractivity contribution >= 4 is 0 Å². The van der Waals surface area contributed by atoms with Crippen molar-refractivity contribution in [2.75, 3.05) is 6.54 Å². The molecule has 1 aromatic rings. The van der Waals surface area contributed by atoms with Crippen LogP contribution in [-0.4, -0.2) is 12.6 Å². The highest BCUT2D eigenvalue weighted by Crippen LogP contribution is 2.29. The number of hydrogen-bond donors (Lipinski definition) is 1. The molecule has 1 saturated carbocycles. The van der Waals surface area contributed by atoms with Gasteiger partial charge in [-0.25, -0.2) is 0 Å². The van der Waals surface area contributed by atoms with Crippen LogP contribution < -0.4 is 5.32 Å². The summed E-state index contributed by atoms with van der Waals surface area (Å²) in [6.45, 7) is 5.82. The molecule has 2 rings (SSSR count). The maximum Gasteiger partial charge on any atom is 0.00670 e. The summed E-state index contributed by atoms with van der Waals surface area (Å²) in [7, 11) is 0. The average Bonchev–Trinajstić information content (AvgIpc) is 2.27. The van der Waals surface area contributed by atoms with Gasteiger partial charge in [-0.15, -0.1) is 0 Å². The zero-order valence-electron chi connectivity index (χ0n) is 11.2. The zero-order chi connectivity index (χ0) is 12.1. The highest BCUT2D eigenvalue weighted by Gasteiger charge is 2.23. The number of benzene rings is 1. The van der Waals surface area contributed by atoms with Crippen LogP contribution in [0.25, 0.3) is 0 Å². The molecule has 0 radical (unpaired) electrons. The number of rotatable bonds is 6. The van der Waals surface area contributed by atoms with Gasteiger partial charge in [0, 0.05) is 6.04 Å². The van der Waals surface area contributed by atoms with Crippen molar-refractivity contribution in [2.24, 2.45) is 5.92 Å². The minimum absolute atomic E-state index is 0.664. The largest absolute Gasteiger partial charge is 0.314 e. The first-order valence-corrected chi connectivity index (χ1v) is 7.05. The van der Waals surface area contributed by atoms with Gasteiger partial charge in [0.1, 0.15) is 0 Å². The van der Waals surface area contributed by atoms with E-state index in [1.54, 1.807) is 0 Å². The quantitative estimate of drug-likeness (QED) is 0.781. The van der Waals surface area contributed by atoms with Crippen molar-refractivity contribution in [3.05, 3.63) is 35.9 Å². The van der Waals surface area contributed by atoms with Gasteiger partial charge in [0.25, 0.3) is 0 Å². The van der Waals surface area contributed by atoms with Gasteiger partial charge in [-0.3, -0.25) is 0 Å². The Kier molecular flexibility index (Phi) is 4.61. The third kappa shape index (κ3) is 3.57. The normalized spacial score (nSPS) is 19.6. The summed E-state index contributed by atoms with van der Waals surface area (Å²) >= 11 is 0. The van der Waals surface area contributed by atoms with Crippen LogP contribution in [-0.2, 0) is 0 Å². The molecule has 0 bridgehead atoms. The summed E-state index contributed by atoms with van der Waals surface area (Å²) < 4.78 is 0. The van der Waals surface area contributed by atoms with Crippen LogP contribution in [0.1, 0.15) is 51.0 Å². The third-order valence-corrected chi connectivity index (χ3v) is 4.27. The summed E-state index contributed by atoms with van der Waals surface area (Å²) in [5.74, 6) is 1.61. The first-order valence-electron chi connectivity index (χ1n) is 7.05. The predicted molar refractivity (Wildman–Crippen MR) is 74.3 cm³/mol. The van der Waals surface area contributed by atoms with E-state index in [0.717, 1.165) is 12.5 Å². The highest BCUT2D eigenvalue weighted by molar-refractivity contribution is 5.18. The molecule has 0 heterocycles. The lowest BCUT2D eigenvalue weighted by atomic mass is 9.80. The molecule has 1 N–H and O–H groups in total. The zero-order valence-corrected chi connectivity index (χ0v) is 11.2. The van der Waals surface area contributed by atoms with Crippen molar-refractivity contribution in [3.8, 4) is 0 Å². The van der Waals surface area contributed by atoms with Gasteiger partial charge in [-0.1, -0.05) is 43.7 Å². The van der Waals surface area contributed by atoms with Crippen molar-refractivity contribution in [2.45, 2.75) is 51.5 Å². The maximum absolute atomic E-state index is 3.69. The lowest BCUT2D eigenvalue weighted by Crippen LogP contribution is -2.37. The van der Waals surface area contributed by atoms with Crippen LogP contribution in [0.3, 0.4) is 0 Å². The lowest BCUT2D eigenvalue weighted by Gasteiger charge is -2.32. The smallest absolute Gasteiger partial charge is 0.00670 e. The Balaban J connectivity index is 1.67. The second-order valence-electron chi connectivity index (χ2n) is 5.53. The van der Waals surface area contributed by atoms with Gasteiger partial charge < -0.3 is 5.32 Å². The summed E-state index contributed by atoms with van der Waals surface area (Å²) in [4.78, 5) is 0. The van der Waals surface area contributed by atoms with Crippen molar-refractivity contribution in [3.63, 3.8) is 0 Å². The molecule has 1 aliphatic rings. The molecule has 94 valence electrons. The molecular formula is C16H25N. The van der Waals surface area contributed by atoms with Crippen molar-refractivity contribution in [1.82, 2.24) is 5.32 Å². The van der Waals surface area contributed by atoms with Crippen LogP contribution in [0.5, 0.6) is 0 Å². The van der Waals surface area contributed by atoms with E-state index >= 15 is 0 Å². The fourth-order valence-electron chi connectivity index (χ4n) is 2.58. The van der Waals surface area contributed by atoms with Gasteiger partial charge in [-0.05, 0) is 50.1 Å². The molecule has 0 aromatic heterocycles. The van der Waals surface area contributed by atoms with E-state index in [1.807, 2.05) is 0 Å². The molecule has 2 unspecified atom stereocenters. The fraction of sp³-hybridized carbons (Fsp3) is 0.625. The molecule has 0 saturated heterocycles. The van der Waals surface area contributed by atoms with Crippen molar-refractivity contribution < 1.29 is 0 Å². The molecular weight excluding hydrogens is 206 g/mol. The van der Waals surface area contributed by atoms with Crippen LogP contribution in [0.15, 0.2) is 30.3 Å². The van der Waals surface area contributed by atoms with Crippen LogP contribution in [0, 0.1) is 5.92 Å². The molecule has 1 nitrogen and oxygen atoms in total. The summed E-state index contributed by atoms with van der Waals surface area (Å²) in [5, 5.41) is 3.69. The molecule has 0 amide bonds. The van der Waals surface area contributed by atoms with Gasteiger partial charge in [0.2, 0.25) is 0 Å². The molecule has 1 fully saturated rings. The first kappa shape index (κ1) is 12.6. The van der Waals surface area contributed by atoms with Gasteiger partial charge >= 0.3 is 0 Å². The van der Waals surface area contributed by atoms with E-state index in [9.17, 15) is 0 Å². The fourth-order valence-corrected chi connectivity index (χ4v) is 2.58. The molecule has 1 aromatic carbocycles. The molecule has 1 heteroatoms. The Morgan fingerprint density at radius 3 is 2.47 bits per heavy atom. The van der Waals surface area contributed by atoms with E-state index in [0.29, 0.717) is 12.0 Å². The Morgan fingerprint density at radius 1 is 1.18 bits per heavy atom. The number of hydrogen-bond acceptors (Lipinski definition) is 1. The van der Waals surface area contributed by atoms with Gasteiger partial charge in [-0.2, -0.15) is 0 Å². The second-order valence-corrected chi connectivity index (χ2v) is 5.53. The summed E-state index contributed by atoms with van der Waals surface area (Å²) in [6, 6.07) is 11.5. The topological polar surface area (TPSA) is 12.0 Å². The number of nitrogens with one attached hydrogen (secondary N) is 1. The van der Waals surface area contributed by atoms with Crippen molar-refractivity contribution in [1.29, 1.82) is 0 Å². The minimum atomic E-state index is 0.664. The SMILES string of the molecule is CC(CCNC(C)C1CCC1)c1ccccc1. The van der Waals surface area contributed by atoms with E-state index in [-0.39, 0.29) is 0 Å². The Labute approximate surface area is 106 Å². The van der Waals surface area contributed by atoms with Crippen LogP contribution in [0.4, 0.5) is 0 Å². The first-order chi connectivity index (χ1) is 8.27. The molecule has 0 aliphatic heterocycles. The Morgan fingerprint density at radius 2 is 1.88 bits per heavy atom. The Hall–Kier alpha value is -0.820.